The van der Waals surface area contributed by atoms with Gasteiger partial charge in [0.25, 0.3) is 0 Å². The van der Waals surface area contributed by atoms with E-state index in [1.54, 1.807) is 36.2 Å². The van der Waals surface area contributed by atoms with E-state index in [0.717, 1.165) is 12.1 Å². The summed E-state index contributed by atoms with van der Waals surface area (Å²) in [5, 5.41) is 8.61. The van der Waals surface area contributed by atoms with E-state index < -0.39 is 5.97 Å². The second kappa shape index (κ2) is 7.38. The van der Waals surface area contributed by atoms with E-state index >= 15 is 0 Å². The fourth-order valence-electron chi connectivity index (χ4n) is 3.00. The summed E-state index contributed by atoms with van der Waals surface area (Å²) in [4.78, 5) is 24.6. The largest absolute Gasteiger partial charge is 0.482 e. The summed E-state index contributed by atoms with van der Waals surface area (Å²) < 4.78 is 5.10. The Morgan fingerprint density at radius 3 is 2.44 bits per heavy atom. The van der Waals surface area contributed by atoms with Gasteiger partial charge in [0.1, 0.15) is 5.75 Å². The Morgan fingerprint density at radius 1 is 1.12 bits per heavy atom. The number of carboxylic acids is 1. The molecule has 1 amide bonds. The van der Waals surface area contributed by atoms with E-state index in [4.69, 9.17) is 9.84 Å². The summed E-state index contributed by atoms with van der Waals surface area (Å²) in [5.74, 6) is 0.440. The minimum absolute atomic E-state index is 0.0858. The molecule has 1 N–H and O–H groups in total. The van der Waals surface area contributed by atoms with E-state index in [2.05, 4.69) is 12.1 Å². The Hall–Kier alpha value is -2.82. The van der Waals surface area contributed by atoms with Gasteiger partial charge in [0.05, 0.1) is 0 Å². The van der Waals surface area contributed by atoms with Crippen LogP contribution in [0, 0.1) is 5.92 Å². The van der Waals surface area contributed by atoms with Crippen LogP contribution in [0.15, 0.2) is 54.6 Å². The Morgan fingerprint density at radius 2 is 1.80 bits per heavy atom. The normalized spacial score (nSPS) is 18.4. The molecule has 1 aliphatic carbocycles. The zero-order valence-electron chi connectivity index (χ0n) is 14.1. The lowest BCUT2D eigenvalue weighted by atomic mass is 10.1. The molecule has 5 heteroatoms. The fourth-order valence-corrected chi connectivity index (χ4v) is 3.00. The van der Waals surface area contributed by atoms with Crippen molar-refractivity contribution >= 4 is 17.6 Å². The molecule has 2 aromatic rings. The number of hydrogen-bond acceptors (Lipinski definition) is 3. The minimum atomic E-state index is -1.02. The van der Waals surface area contributed by atoms with Gasteiger partial charge in [0.15, 0.2) is 6.61 Å². The lowest BCUT2D eigenvalue weighted by Crippen LogP contribution is -2.26. The molecule has 0 aliphatic heterocycles. The molecule has 0 unspecified atom stereocenters. The third-order valence-corrected chi connectivity index (χ3v) is 4.55. The second-order valence-corrected chi connectivity index (χ2v) is 6.35. The number of amides is 1. The first kappa shape index (κ1) is 17.0. The number of carbonyl (C=O) groups excluding carboxylic acids is 1. The first-order valence-electron chi connectivity index (χ1n) is 8.30. The van der Waals surface area contributed by atoms with Gasteiger partial charge in [-0.25, -0.2) is 4.79 Å². The van der Waals surface area contributed by atoms with Gasteiger partial charge in [-0.1, -0.05) is 30.3 Å². The predicted molar refractivity (Wildman–Crippen MR) is 94.9 cm³/mol. The molecule has 1 saturated carbocycles. The van der Waals surface area contributed by atoms with Crippen LogP contribution in [-0.2, 0) is 9.59 Å². The van der Waals surface area contributed by atoms with Crippen molar-refractivity contribution in [2.24, 2.45) is 5.92 Å². The second-order valence-electron chi connectivity index (χ2n) is 6.35. The first-order chi connectivity index (χ1) is 12.0. The van der Waals surface area contributed by atoms with Crippen LogP contribution in [0.2, 0.25) is 0 Å². The summed E-state index contributed by atoms with van der Waals surface area (Å²) >= 11 is 0. The average molecular weight is 339 g/mol. The molecule has 2 aromatic carbocycles. The van der Waals surface area contributed by atoms with Crippen LogP contribution in [0.1, 0.15) is 24.3 Å². The van der Waals surface area contributed by atoms with Gasteiger partial charge in [0, 0.05) is 19.2 Å². The molecule has 0 bridgehead atoms. The highest BCUT2D eigenvalue weighted by Gasteiger charge is 2.39. The SMILES string of the molecule is CN(C(=O)C[C@@H]1C[C@H]1c1ccccc1)c1ccc(OCC(=O)O)cc1. The maximum absolute atomic E-state index is 12.5. The van der Waals surface area contributed by atoms with Crippen molar-refractivity contribution in [1.29, 1.82) is 0 Å². The maximum atomic E-state index is 12.5. The number of anilines is 1. The Balaban J connectivity index is 1.53. The lowest BCUT2D eigenvalue weighted by molar-refractivity contribution is -0.139. The summed E-state index contributed by atoms with van der Waals surface area (Å²) in [6.45, 7) is -0.378. The van der Waals surface area contributed by atoms with Crippen LogP contribution < -0.4 is 9.64 Å². The molecule has 3 rings (SSSR count). The molecule has 0 saturated heterocycles. The van der Waals surface area contributed by atoms with Crippen LogP contribution in [0.4, 0.5) is 5.69 Å². The van der Waals surface area contributed by atoms with Gasteiger partial charge >= 0.3 is 5.97 Å². The van der Waals surface area contributed by atoms with Crippen molar-refractivity contribution in [2.75, 3.05) is 18.6 Å². The van der Waals surface area contributed by atoms with Gasteiger partial charge < -0.3 is 14.7 Å². The highest BCUT2D eigenvalue weighted by molar-refractivity contribution is 5.93. The summed E-state index contributed by atoms with van der Waals surface area (Å²) in [7, 11) is 1.76. The quantitative estimate of drug-likeness (QED) is 0.840. The van der Waals surface area contributed by atoms with Crippen LogP contribution in [0.25, 0.3) is 0 Å². The third kappa shape index (κ3) is 4.38. The van der Waals surface area contributed by atoms with E-state index in [0.29, 0.717) is 24.0 Å². The standard InChI is InChI=1S/C20H21NO4/c1-21(16-7-9-17(10-8-16)25-13-20(23)24)19(22)12-15-11-18(15)14-5-3-2-4-6-14/h2-10,15,18H,11-13H2,1H3,(H,23,24)/t15-,18-/m0/s1. The lowest BCUT2D eigenvalue weighted by Gasteiger charge is -2.18. The number of benzene rings is 2. The van der Waals surface area contributed by atoms with Crippen molar-refractivity contribution in [3.8, 4) is 5.75 Å². The van der Waals surface area contributed by atoms with Crippen molar-refractivity contribution in [3.63, 3.8) is 0 Å². The van der Waals surface area contributed by atoms with Crippen molar-refractivity contribution < 1.29 is 19.4 Å². The zero-order valence-corrected chi connectivity index (χ0v) is 14.1. The molecule has 130 valence electrons. The minimum Gasteiger partial charge on any atom is -0.482 e. The number of carbonyl (C=O) groups is 2. The Kier molecular flexibility index (Phi) is 5.03. The molecule has 0 heterocycles. The summed E-state index contributed by atoms with van der Waals surface area (Å²) in [5.41, 5.74) is 2.08. The Labute approximate surface area is 146 Å². The zero-order chi connectivity index (χ0) is 17.8. The van der Waals surface area contributed by atoms with Crippen LogP contribution in [-0.4, -0.2) is 30.6 Å². The summed E-state index contributed by atoms with van der Waals surface area (Å²) in [6.07, 6.45) is 1.60. The van der Waals surface area contributed by atoms with E-state index in [1.807, 2.05) is 18.2 Å². The van der Waals surface area contributed by atoms with Gasteiger partial charge in [-0.3, -0.25) is 4.79 Å². The van der Waals surface area contributed by atoms with E-state index in [9.17, 15) is 9.59 Å². The number of ether oxygens (including phenoxy) is 1. The smallest absolute Gasteiger partial charge is 0.341 e. The van der Waals surface area contributed by atoms with Gasteiger partial charge in [-0.15, -0.1) is 0 Å². The van der Waals surface area contributed by atoms with Gasteiger partial charge in [0.2, 0.25) is 5.91 Å². The summed E-state index contributed by atoms with van der Waals surface area (Å²) in [6, 6.07) is 17.2. The molecule has 0 aromatic heterocycles. The number of rotatable bonds is 7. The van der Waals surface area contributed by atoms with Crippen LogP contribution in [0.5, 0.6) is 5.75 Å². The number of nitrogens with zero attached hydrogens (tertiary/aromatic N) is 1. The molecule has 25 heavy (non-hydrogen) atoms. The van der Waals surface area contributed by atoms with Crippen molar-refractivity contribution in [2.45, 2.75) is 18.8 Å². The molecular weight excluding hydrogens is 318 g/mol. The molecule has 5 nitrogen and oxygen atoms in total. The van der Waals surface area contributed by atoms with Gasteiger partial charge in [-0.05, 0) is 48.1 Å². The molecule has 0 spiro atoms. The molecular formula is C20H21NO4. The molecule has 1 aliphatic rings. The predicted octanol–water partition coefficient (Wildman–Crippen LogP) is 3.31. The number of carboxylic acid groups (broad SMARTS) is 1. The third-order valence-electron chi connectivity index (χ3n) is 4.55. The van der Waals surface area contributed by atoms with Crippen molar-refractivity contribution in [1.82, 2.24) is 0 Å². The highest BCUT2D eigenvalue weighted by atomic mass is 16.5. The molecule has 1 fully saturated rings. The van der Waals surface area contributed by atoms with Crippen LogP contribution in [0.3, 0.4) is 0 Å². The maximum Gasteiger partial charge on any atom is 0.341 e. The van der Waals surface area contributed by atoms with E-state index in [-0.39, 0.29) is 12.5 Å². The van der Waals surface area contributed by atoms with E-state index in [1.165, 1.54) is 5.56 Å². The van der Waals surface area contributed by atoms with Gasteiger partial charge in [-0.2, -0.15) is 0 Å². The number of aliphatic carboxylic acids is 1. The number of hydrogen-bond donors (Lipinski definition) is 1. The average Bonchev–Trinajstić information content (AvgIpc) is 3.39. The molecule has 0 radical (unpaired) electrons. The van der Waals surface area contributed by atoms with Crippen LogP contribution >= 0.6 is 0 Å². The monoisotopic (exact) mass is 339 g/mol. The highest BCUT2D eigenvalue weighted by Crippen LogP contribution is 2.49. The Bertz CT molecular complexity index is 742. The topological polar surface area (TPSA) is 66.8 Å². The molecule has 2 atom stereocenters. The fraction of sp³-hybridized carbons (Fsp3) is 0.300. The first-order valence-corrected chi connectivity index (χ1v) is 8.30. The van der Waals surface area contributed by atoms with Crippen molar-refractivity contribution in [3.05, 3.63) is 60.2 Å².